The van der Waals surface area contributed by atoms with Crippen LogP contribution in [0.15, 0.2) is 42.5 Å². The lowest BCUT2D eigenvalue weighted by Gasteiger charge is -2.36. The number of anilines is 2. The first-order valence-corrected chi connectivity index (χ1v) is 11.5. The number of piperazine rings is 1. The van der Waals surface area contributed by atoms with Crippen LogP contribution in [0.5, 0.6) is 0 Å². The number of benzene rings is 2. The Hall–Kier alpha value is -2.75. The van der Waals surface area contributed by atoms with Gasteiger partial charge in [-0.15, -0.1) is 0 Å². The van der Waals surface area contributed by atoms with Crippen LogP contribution in [0.25, 0.3) is 0 Å². The highest BCUT2D eigenvalue weighted by molar-refractivity contribution is 6.30. The summed E-state index contributed by atoms with van der Waals surface area (Å²) in [5.41, 5.74) is 4.04. The number of halogens is 1. The van der Waals surface area contributed by atoms with Gasteiger partial charge in [0.05, 0.1) is 11.6 Å². The van der Waals surface area contributed by atoms with E-state index < -0.39 is 0 Å². The molecule has 0 atom stereocenters. The first-order chi connectivity index (χ1) is 15.4. The number of hydrogen-bond donors (Lipinski definition) is 0. The molecule has 2 aromatic rings. The number of nitriles is 1. The maximum Gasteiger partial charge on any atom is 0.222 e. The molecule has 0 N–H and O–H groups in total. The molecule has 0 saturated carbocycles. The molecule has 0 spiro atoms. The zero-order valence-electron chi connectivity index (χ0n) is 19.2. The predicted octanol–water partition coefficient (Wildman–Crippen LogP) is 3.84. The molecular formula is C25H32ClN5O. The fourth-order valence-corrected chi connectivity index (χ4v) is 4.06. The second-order valence-electron chi connectivity index (χ2n) is 8.28. The summed E-state index contributed by atoms with van der Waals surface area (Å²) in [6, 6.07) is 16.4. The standard InChI is InChI=1S/C25H32ClN5O/c1-4-25(32)29(3)12-11-28(2)24-8-5-20(18-27)21(17-24)19-30-13-15-31(16-14-30)23-9-6-22(26)7-10-23/h5-10,17H,4,11-16,19H2,1-3H3. The SMILES string of the molecule is CCC(=O)N(C)CCN(C)c1ccc(C#N)c(CN2CCN(c3ccc(Cl)cc3)CC2)c1. The summed E-state index contributed by atoms with van der Waals surface area (Å²) in [5, 5.41) is 10.4. The van der Waals surface area contributed by atoms with E-state index in [2.05, 4.69) is 39.0 Å². The van der Waals surface area contributed by atoms with Crippen molar-refractivity contribution in [3.63, 3.8) is 0 Å². The molecule has 7 heteroatoms. The van der Waals surface area contributed by atoms with Crippen LogP contribution in [0.3, 0.4) is 0 Å². The number of nitrogens with zero attached hydrogens (tertiary/aromatic N) is 5. The zero-order valence-corrected chi connectivity index (χ0v) is 20.0. The lowest BCUT2D eigenvalue weighted by Crippen LogP contribution is -2.46. The van der Waals surface area contributed by atoms with E-state index in [0.29, 0.717) is 13.0 Å². The van der Waals surface area contributed by atoms with E-state index in [1.807, 2.05) is 45.3 Å². The molecule has 1 amide bonds. The highest BCUT2D eigenvalue weighted by atomic mass is 35.5. The minimum absolute atomic E-state index is 0.150. The van der Waals surface area contributed by atoms with Crippen LogP contribution >= 0.6 is 11.6 Å². The van der Waals surface area contributed by atoms with Gasteiger partial charge in [-0.3, -0.25) is 9.69 Å². The van der Waals surface area contributed by atoms with Crippen LogP contribution in [-0.4, -0.2) is 69.1 Å². The number of likely N-dealkylation sites (N-methyl/N-ethyl adjacent to an activating group) is 2. The summed E-state index contributed by atoms with van der Waals surface area (Å²) in [6.07, 6.45) is 0.520. The molecule has 0 unspecified atom stereocenters. The summed E-state index contributed by atoms with van der Waals surface area (Å²) >= 11 is 6.01. The second kappa shape index (κ2) is 11.2. The maximum atomic E-state index is 11.8. The zero-order chi connectivity index (χ0) is 23.1. The summed E-state index contributed by atoms with van der Waals surface area (Å²) in [7, 11) is 3.87. The summed E-state index contributed by atoms with van der Waals surface area (Å²) in [5.74, 6) is 0.150. The molecule has 170 valence electrons. The second-order valence-corrected chi connectivity index (χ2v) is 8.72. The number of carbonyl (C=O) groups excluding carboxylic acids is 1. The van der Waals surface area contributed by atoms with Gasteiger partial charge in [0, 0.05) is 82.7 Å². The summed E-state index contributed by atoms with van der Waals surface area (Å²) in [4.78, 5) is 20.5. The van der Waals surface area contributed by atoms with Crippen LogP contribution in [-0.2, 0) is 11.3 Å². The number of amides is 1. The molecule has 0 aliphatic carbocycles. The van der Waals surface area contributed by atoms with Crippen molar-refractivity contribution in [2.45, 2.75) is 19.9 Å². The predicted molar refractivity (Wildman–Crippen MR) is 131 cm³/mol. The van der Waals surface area contributed by atoms with Gasteiger partial charge in [-0.1, -0.05) is 18.5 Å². The molecule has 3 rings (SSSR count). The number of hydrogen-bond acceptors (Lipinski definition) is 5. The van der Waals surface area contributed by atoms with Crippen molar-refractivity contribution in [1.82, 2.24) is 9.80 Å². The van der Waals surface area contributed by atoms with Crippen LogP contribution in [0, 0.1) is 11.3 Å². The first-order valence-electron chi connectivity index (χ1n) is 11.1. The third-order valence-corrected chi connectivity index (χ3v) is 6.36. The van der Waals surface area contributed by atoms with Gasteiger partial charge in [-0.2, -0.15) is 5.26 Å². The fraction of sp³-hybridized carbons (Fsp3) is 0.440. The van der Waals surface area contributed by atoms with E-state index in [-0.39, 0.29) is 5.91 Å². The molecule has 1 fully saturated rings. The Morgan fingerprint density at radius 1 is 1.06 bits per heavy atom. The Balaban J connectivity index is 1.60. The molecule has 1 aliphatic rings. The maximum absolute atomic E-state index is 11.8. The van der Waals surface area contributed by atoms with Crippen molar-refractivity contribution in [3.05, 3.63) is 58.6 Å². The van der Waals surface area contributed by atoms with Gasteiger partial charge in [0.2, 0.25) is 5.91 Å². The molecule has 1 saturated heterocycles. The van der Waals surface area contributed by atoms with Gasteiger partial charge < -0.3 is 14.7 Å². The molecule has 0 aromatic heterocycles. The van der Waals surface area contributed by atoms with E-state index in [4.69, 9.17) is 11.6 Å². The van der Waals surface area contributed by atoms with Crippen LogP contribution in [0.2, 0.25) is 5.02 Å². The Bertz CT molecular complexity index is 948. The van der Waals surface area contributed by atoms with Crippen LogP contribution in [0.1, 0.15) is 24.5 Å². The van der Waals surface area contributed by atoms with Crippen LogP contribution < -0.4 is 9.80 Å². The number of rotatable bonds is 8. The Morgan fingerprint density at radius 3 is 2.38 bits per heavy atom. The third-order valence-electron chi connectivity index (χ3n) is 6.11. The normalized spacial score (nSPS) is 14.2. The molecule has 1 heterocycles. The van der Waals surface area contributed by atoms with Crippen molar-refractivity contribution in [1.29, 1.82) is 5.26 Å². The Labute approximate surface area is 196 Å². The third kappa shape index (κ3) is 6.15. The van der Waals surface area contributed by atoms with E-state index in [0.717, 1.165) is 61.1 Å². The van der Waals surface area contributed by atoms with E-state index in [9.17, 15) is 10.1 Å². The highest BCUT2D eigenvalue weighted by Gasteiger charge is 2.19. The van der Waals surface area contributed by atoms with Gasteiger partial charge in [0.1, 0.15) is 0 Å². The van der Waals surface area contributed by atoms with Crippen molar-refractivity contribution in [2.24, 2.45) is 0 Å². The molecule has 32 heavy (non-hydrogen) atoms. The van der Waals surface area contributed by atoms with Crippen molar-refractivity contribution >= 4 is 28.9 Å². The van der Waals surface area contributed by atoms with Gasteiger partial charge in [-0.05, 0) is 48.0 Å². The minimum Gasteiger partial charge on any atom is -0.373 e. The van der Waals surface area contributed by atoms with E-state index >= 15 is 0 Å². The molecule has 0 bridgehead atoms. The molecular weight excluding hydrogens is 422 g/mol. The lowest BCUT2D eigenvalue weighted by molar-refractivity contribution is -0.129. The van der Waals surface area contributed by atoms with Crippen molar-refractivity contribution in [2.75, 3.05) is 63.2 Å². The monoisotopic (exact) mass is 453 g/mol. The summed E-state index contributed by atoms with van der Waals surface area (Å²) in [6.45, 7) is 7.83. The van der Waals surface area contributed by atoms with Gasteiger partial charge >= 0.3 is 0 Å². The lowest BCUT2D eigenvalue weighted by atomic mass is 10.1. The largest absolute Gasteiger partial charge is 0.373 e. The average molecular weight is 454 g/mol. The van der Waals surface area contributed by atoms with Crippen molar-refractivity contribution in [3.8, 4) is 6.07 Å². The Kier molecular flexibility index (Phi) is 8.38. The Morgan fingerprint density at radius 2 is 1.75 bits per heavy atom. The fourth-order valence-electron chi connectivity index (χ4n) is 3.94. The smallest absolute Gasteiger partial charge is 0.222 e. The minimum atomic E-state index is 0.150. The molecule has 6 nitrogen and oxygen atoms in total. The topological polar surface area (TPSA) is 53.8 Å². The molecule has 1 aliphatic heterocycles. The number of carbonyl (C=O) groups is 1. The van der Waals surface area contributed by atoms with Gasteiger partial charge in [-0.25, -0.2) is 0 Å². The summed E-state index contributed by atoms with van der Waals surface area (Å²) < 4.78 is 0. The van der Waals surface area contributed by atoms with Gasteiger partial charge in [0.25, 0.3) is 0 Å². The first kappa shape index (κ1) is 23.9. The average Bonchev–Trinajstić information content (AvgIpc) is 2.82. The van der Waals surface area contributed by atoms with E-state index in [1.165, 1.54) is 5.69 Å². The quantitative estimate of drug-likeness (QED) is 0.607. The van der Waals surface area contributed by atoms with E-state index in [1.54, 1.807) is 4.90 Å². The van der Waals surface area contributed by atoms with Crippen molar-refractivity contribution < 1.29 is 4.79 Å². The molecule has 0 radical (unpaired) electrons. The van der Waals surface area contributed by atoms with Gasteiger partial charge in [0.15, 0.2) is 0 Å². The molecule has 2 aromatic carbocycles. The highest BCUT2D eigenvalue weighted by Crippen LogP contribution is 2.23. The van der Waals surface area contributed by atoms with Crippen LogP contribution in [0.4, 0.5) is 11.4 Å².